The number of sulfone groups is 1. The number of pyridine rings is 1. The number of nitrogens with one attached hydrogen (secondary N) is 1. The minimum atomic E-state index is -3.09. The van der Waals surface area contributed by atoms with E-state index in [2.05, 4.69) is 10.3 Å². The highest BCUT2D eigenvalue weighted by molar-refractivity contribution is 7.91. The van der Waals surface area contributed by atoms with E-state index in [0.717, 1.165) is 16.9 Å². The van der Waals surface area contributed by atoms with E-state index in [1.807, 2.05) is 35.9 Å². The molecule has 1 N–H and O–H groups in total. The van der Waals surface area contributed by atoms with Crippen LogP contribution in [0.25, 0.3) is 5.65 Å². The molecule has 4 rings (SSSR count). The van der Waals surface area contributed by atoms with Crippen LogP contribution in [0.15, 0.2) is 48.8 Å². The lowest BCUT2D eigenvalue weighted by molar-refractivity contribution is 0.0915. The molecule has 29 heavy (non-hydrogen) atoms. The molecule has 7 nitrogen and oxygen atoms in total. The van der Waals surface area contributed by atoms with Crippen LogP contribution in [0, 0.1) is 6.92 Å². The van der Waals surface area contributed by atoms with E-state index in [4.69, 9.17) is 4.74 Å². The van der Waals surface area contributed by atoms with E-state index in [0.29, 0.717) is 17.7 Å². The average Bonchev–Trinajstić information content (AvgIpc) is 3.19. The predicted octanol–water partition coefficient (Wildman–Crippen LogP) is 2.53. The summed E-state index contributed by atoms with van der Waals surface area (Å²) in [5.41, 5.74) is 2.47. The molecule has 8 heteroatoms. The summed E-state index contributed by atoms with van der Waals surface area (Å²) in [5.74, 6) is 0.314. The maximum Gasteiger partial charge on any atom is 0.251 e. The largest absolute Gasteiger partial charge is 0.487 e. The summed E-state index contributed by atoms with van der Waals surface area (Å²) in [6.07, 6.45) is 4.34. The summed E-state index contributed by atoms with van der Waals surface area (Å²) in [5, 5.41) is 2.86. The normalized spacial score (nSPS) is 20.6. The lowest BCUT2D eigenvalue weighted by Gasteiger charge is -2.24. The number of ether oxygens (including phenoxy) is 1. The second kappa shape index (κ2) is 7.18. The molecule has 0 radical (unpaired) electrons. The number of imidazole rings is 1. The minimum absolute atomic E-state index is 0.0325. The van der Waals surface area contributed by atoms with Crippen molar-refractivity contribution in [2.45, 2.75) is 32.4 Å². The molecule has 1 aliphatic rings. The molecule has 1 unspecified atom stereocenters. The van der Waals surface area contributed by atoms with Gasteiger partial charge in [0.25, 0.3) is 5.91 Å². The van der Waals surface area contributed by atoms with E-state index < -0.39 is 15.4 Å². The monoisotopic (exact) mass is 413 g/mol. The van der Waals surface area contributed by atoms with Gasteiger partial charge in [-0.05, 0) is 50.1 Å². The molecule has 152 valence electrons. The van der Waals surface area contributed by atoms with Gasteiger partial charge in [-0.15, -0.1) is 0 Å². The molecule has 3 heterocycles. The first-order valence-electron chi connectivity index (χ1n) is 9.41. The van der Waals surface area contributed by atoms with Crippen LogP contribution in [-0.2, 0) is 16.4 Å². The second-order valence-corrected chi connectivity index (χ2v) is 10.1. The van der Waals surface area contributed by atoms with Crippen molar-refractivity contribution in [3.05, 3.63) is 65.6 Å². The summed E-state index contributed by atoms with van der Waals surface area (Å²) in [6, 6.07) is 10.8. The molecule has 3 aromatic rings. The number of amides is 1. The van der Waals surface area contributed by atoms with E-state index >= 15 is 0 Å². The van der Waals surface area contributed by atoms with Crippen LogP contribution < -0.4 is 10.1 Å². The van der Waals surface area contributed by atoms with Crippen LogP contribution in [0.3, 0.4) is 0 Å². The molecule has 1 fully saturated rings. The summed E-state index contributed by atoms with van der Waals surface area (Å²) in [7, 11) is -3.09. The zero-order valence-corrected chi connectivity index (χ0v) is 17.2. The third-order valence-corrected chi connectivity index (χ3v) is 6.95. The zero-order valence-electron chi connectivity index (χ0n) is 16.4. The zero-order chi connectivity index (χ0) is 20.6. The Hall–Kier alpha value is -2.87. The van der Waals surface area contributed by atoms with Crippen LogP contribution in [0.5, 0.6) is 5.75 Å². The number of aromatic nitrogens is 2. The smallest absolute Gasteiger partial charge is 0.251 e. The van der Waals surface area contributed by atoms with E-state index in [1.165, 1.54) is 0 Å². The average molecular weight is 413 g/mol. The van der Waals surface area contributed by atoms with Crippen molar-refractivity contribution in [3.8, 4) is 5.75 Å². The summed E-state index contributed by atoms with van der Waals surface area (Å²) in [4.78, 5) is 17.1. The first kappa shape index (κ1) is 19.4. The maximum atomic E-state index is 12.6. The van der Waals surface area contributed by atoms with E-state index in [-0.39, 0.29) is 24.0 Å². The molecule has 0 saturated carbocycles. The van der Waals surface area contributed by atoms with Crippen molar-refractivity contribution in [2.24, 2.45) is 0 Å². The molecule has 1 amide bonds. The van der Waals surface area contributed by atoms with Gasteiger partial charge in [-0.25, -0.2) is 13.4 Å². The molecule has 1 saturated heterocycles. The highest BCUT2D eigenvalue weighted by atomic mass is 32.2. The number of hydrogen-bond acceptors (Lipinski definition) is 5. The molecular weight excluding hydrogens is 390 g/mol. The predicted molar refractivity (Wildman–Crippen MR) is 110 cm³/mol. The fourth-order valence-electron chi connectivity index (χ4n) is 3.56. The number of nitrogens with zero attached hydrogens (tertiary/aromatic N) is 2. The van der Waals surface area contributed by atoms with E-state index in [9.17, 15) is 13.2 Å². The second-order valence-electron chi connectivity index (χ2n) is 7.88. The maximum absolute atomic E-state index is 12.6. The number of carbonyl (C=O) groups is 1. The number of aryl methyl sites for hydroxylation is 1. The quantitative estimate of drug-likeness (QED) is 0.694. The third kappa shape index (κ3) is 4.42. The molecule has 1 atom stereocenters. The Bertz CT molecular complexity index is 1190. The van der Waals surface area contributed by atoms with Gasteiger partial charge in [0.05, 0.1) is 22.7 Å². The Kier molecular flexibility index (Phi) is 4.82. The summed E-state index contributed by atoms with van der Waals surface area (Å²) in [6.45, 7) is 4.07. The number of fused-ring (bicyclic) bond motifs is 1. The highest BCUT2D eigenvalue weighted by Gasteiger charge is 2.39. The molecule has 0 bridgehead atoms. The Morgan fingerprint density at radius 2 is 2.10 bits per heavy atom. The van der Waals surface area contributed by atoms with Gasteiger partial charge in [0, 0.05) is 18.0 Å². The van der Waals surface area contributed by atoms with Crippen LogP contribution in [0.1, 0.15) is 35.0 Å². The lowest BCUT2D eigenvalue weighted by Crippen LogP contribution is -2.46. The fourth-order valence-corrected chi connectivity index (χ4v) is 5.66. The van der Waals surface area contributed by atoms with Crippen LogP contribution in [0.4, 0.5) is 0 Å². The minimum Gasteiger partial charge on any atom is -0.487 e. The van der Waals surface area contributed by atoms with Gasteiger partial charge in [0.15, 0.2) is 9.84 Å². The van der Waals surface area contributed by atoms with Gasteiger partial charge in [0.2, 0.25) is 0 Å². The van der Waals surface area contributed by atoms with Crippen molar-refractivity contribution in [1.29, 1.82) is 0 Å². The lowest BCUT2D eigenvalue weighted by atomic mass is 10.0. The van der Waals surface area contributed by atoms with Gasteiger partial charge >= 0.3 is 0 Å². The molecular formula is C21H23N3O4S. The van der Waals surface area contributed by atoms with E-state index in [1.54, 1.807) is 31.2 Å². The molecule has 1 aliphatic heterocycles. The van der Waals surface area contributed by atoms with Crippen molar-refractivity contribution in [2.75, 3.05) is 11.5 Å². The van der Waals surface area contributed by atoms with Gasteiger partial charge < -0.3 is 14.5 Å². The molecule has 2 aromatic heterocycles. The van der Waals surface area contributed by atoms with Gasteiger partial charge in [-0.1, -0.05) is 12.1 Å². The van der Waals surface area contributed by atoms with Crippen LogP contribution in [-0.4, -0.2) is 40.8 Å². The van der Waals surface area contributed by atoms with Gasteiger partial charge in [-0.3, -0.25) is 4.79 Å². The topological polar surface area (TPSA) is 89.8 Å². The van der Waals surface area contributed by atoms with Crippen molar-refractivity contribution >= 4 is 21.4 Å². The summed E-state index contributed by atoms with van der Waals surface area (Å²) < 4.78 is 31.3. The van der Waals surface area contributed by atoms with Gasteiger partial charge in [-0.2, -0.15) is 0 Å². The Morgan fingerprint density at radius 3 is 2.86 bits per heavy atom. The highest BCUT2D eigenvalue weighted by Crippen LogP contribution is 2.24. The first-order chi connectivity index (χ1) is 13.7. The Labute approximate surface area is 169 Å². The SMILES string of the molecule is Cc1ccc2nc(COc3cccc(C(=O)NC4(C)CCS(=O)(=O)C4)c3)cn2c1. The molecule has 0 spiro atoms. The number of rotatable bonds is 5. The van der Waals surface area contributed by atoms with Crippen LogP contribution >= 0.6 is 0 Å². The third-order valence-electron chi connectivity index (χ3n) is 5.05. The Morgan fingerprint density at radius 1 is 1.28 bits per heavy atom. The first-order valence-corrected chi connectivity index (χ1v) is 11.2. The standard InChI is InChI=1S/C21H23N3O4S/c1-15-6-7-19-22-17(12-24(19)11-15)13-28-18-5-3-4-16(10-18)20(25)23-21(2)8-9-29(26,27)14-21/h3-7,10-12H,8-9,13-14H2,1-2H3,(H,23,25). The summed E-state index contributed by atoms with van der Waals surface area (Å²) >= 11 is 0. The van der Waals surface area contributed by atoms with Crippen molar-refractivity contribution < 1.29 is 17.9 Å². The Balaban J connectivity index is 1.43. The van der Waals surface area contributed by atoms with Crippen LogP contribution in [0.2, 0.25) is 0 Å². The molecule has 1 aromatic carbocycles. The van der Waals surface area contributed by atoms with Crippen molar-refractivity contribution in [1.82, 2.24) is 14.7 Å². The fraction of sp³-hybridized carbons (Fsp3) is 0.333. The number of hydrogen-bond donors (Lipinski definition) is 1. The number of carbonyl (C=O) groups excluding carboxylic acids is 1. The van der Waals surface area contributed by atoms with Gasteiger partial charge in [0.1, 0.15) is 18.0 Å². The number of benzene rings is 1. The molecule has 0 aliphatic carbocycles. The van der Waals surface area contributed by atoms with Crippen molar-refractivity contribution in [3.63, 3.8) is 0 Å².